The van der Waals surface area contributed by atoms with Gasteiger partial charge < -0.3 is 16.4 Å². The molecular weight excluding hydrogens is 350 g/mol. The summed E-state index contributed by atoms with van der Waals surface area (Å²) in [6.45, 7) is 5.58. The van der Waals surface area contributed by atoms with Crippen molar-refractivity contribution in [2.75, 3.05) is 5.75 Å². The molecular formula is C19H29N3O3S. The van der Waals surface area contributed by atoms with E-state index >= 15 is 0 Å². The smallest absolute Gasteiger partial charge is 0.243 e. The standard InChI is InChI=1S/C19H29N3O3S/c1-12(2)9-15(11-26)18(24)22-16(10-14-7-5-4-6-8-14)19(25)21-13(3)17(20)23/h4-8,12-13,15-16,26H,9-11H2,1-3H3,(H2,20,23)(H,21,25)(H,22,24). The fraction of sp³-hybridized carbons (Fsp3) is 0.526. The molecule has 0 saturated carbocycles. The lowest BCUT2D eigenvalue weighted by Gasteiger charge is -2.23. The number of nitrogens with two attached hydrogens (primary N) is 1. The number of hydrogen-bond acceptors (Lipinski definition) is 4. The minimum atomic E-state index is -0.811. The zero-order chi connectivity index (χ0) is 19.7. The normalized spacial score (nSPS) is 14.3. The average Bonchev–Trinajstić information content (AvgIpc) is 2.59. The van der Waals surface area contributed by atoms with E-state index in [4.69, 9.17) is 5.73 Å². The van der Waals surface area contributed by atoms with Crippen molar-refractivity contribution in [2.24, 2.45) is 17.6 Å². The molecule has 0 aromatic heterocycles. The lowest BCUT2D eigenvalue weighted by Crippen LogP contribution is -2.53. The van der Waals surface area contributed by atoms with Gasteiger partial charge in [0.2, 0.25) is 17.7 Å². The number of carbonyl (C=O) groups is 3. The maximum Gasteiger partial charge on any atom is 0.243 e. The fourth-order valence-corrected chi connectivity index (χ4v) is 2.88. The fourth-order valence-electron chi connectivity index (χ4n) is 2.57. The molecule has 1 aromatic carbocycles. The van der Waals surface area contributed by atoms with Gasteiger partial charge in [-0.1, -0.05) is 44.2 Å². The van der Waals surface area contributed by atoms with Gasteiger partial charge in [-0.15, -0.1) is 0 Å². The lowest BCUT2D eigenvalue weighted by atomic mass is 9.97. The van der Waals surface area contributed by atoms with Crippen molar-refractivity contribution < 1.29 is 14.4 Å². The summed E-state index contributed by atoms with van der Waals surface area (Å²) >= 11 is 4.26. The van der Waals surface area contributed by atoms with Crippen LogP contribution >= 0.6 is 12.6 Å². The first-order valence-electron chi connectivity index (χ1n) is 8.79. The number of nitrogens with one attached hydrogen (secondary N) is 2. The van der Waals surface area contributed by atoms with Crippen LogP contribution < -0.4 is 16.4 Å². The first-order chi connectivity index (χ1) is 12.2. The molecule has 0 aliphatic carbocycles. The van der Waals surface area contributed by atoms with Gasteiger partial charge in [-0.05, 0) is 24.8 Å². The third-order valence-electron chi connectivity index (χ3n) is 4.05. The van der Waals surface area contributed by atoms with Crippen LogP contribution in [0, 0.1) is 11.8 Å². The predicted octanol–water partition coefficient (Wildman–Crippen LogP) is 1.30. The molecule has 0 fully saturated rings. The van der Waals surface area contributed by atoms with E-state index in [2.05, 4.69) is 23.3 Å². The number of primary amides is 1. The van der Waals surface area contributed by atoms with Gasteiger partial charge in [0.25, 0.3) is 0 Å². The van der Waals surface area contributed by atoms with Crippen LogP contribution in [0.2, 0.25) is 0 Å². The summed E-state index contributed by atoms with van der Waals surface area (Å²) in [4.78, 5) is 36.4. The Bertz CT molecular complexity index is 607. The van der Waals surface area contributed by atoms with Crippen molar-refractivity contribution in [1.82, 2.24) is 10.6 Å². The molecule has 3 unspecified atom stereocenters. The van der Waals surface area contributed by atoms with Gasteiger partial charge >= 0.3 is 0 Å². The van der Waals surface area contributed by atoms with Crippen molar-refractivity contribution in [1.29, 1.82) is 0 Å². The Morgan fingerprint density at radius 1 is 1.04 bits per heavy atom. The number of amides is 3. The highest BCUT2D eigenvalue weighted by atomic mass is 32.1. The Morgan fingerprint density at radius 3 is 2.15 bits per heavy atom. The summed E-state index contributed by atoms with van der Waals surface area (Å²) in [5.41, 5.74) is 6.12. The van der Waals surface area contributed by atoms with E-state index in [1.165, 1.54) is 6.92 Å². The summed E-state index contributed by atoms with van der Waals surface area (Å²) in [7, 11) is 0. The number of thiol groups is 1. The second kappa shape index (κ2) is 10.9. The Morgan fingerprint density at radius 2 is 1.65 bits per heavy atom. The highest BCUT2D eigenvalue weighted by molar-refractivity contribution is 7.80. The molecule has 4 N–H and O–H groups in total. The minimum Gasteiger partial charge on any atom is -0.368 e. The number of hydrogen-bond donors (Lipinski definition) is 4. The van der Waals surface area contributed by atoms with Crippen LogP contribution in [-0.2, 0) is 20.8 Å². The van der Waals surface area contributed by atoms with E-state index in [9.17, 15) is 14.4 Å². The van der Waals surface area contributed by atoms with Crippen LogP contribution in [-0.4, -0.2) is 35.6 Å². The van der Waals surface area contributed by atoms with Crippen LogP contribution in [0.1, 0.15) is 32.8 Å². The molecule has 6 nitrogen and oxygen atoms in total. The zero-order valence-electron chi connectivity index (χ0n) is 15.6. The van der Waals surface area contributed by atoms with Gasteiger partial charge in [-0.3, -0.25) is 14.4 Å². The highest BCUT2D eigenvalue weighted by Crippen LogP contribution is 2.14. The first-order valence-corrected chi connectivity index (χ1v) is 9.42. The SMILES string of the molecule is CC(C)CC(CS)C(=O)NC(Cc1ccccc1)C(=O)NC(C)C(N)=O. The van der Waals surface area contributed by atoms with Crippen molar-refractivity contribution in [3.63, 3.8) is 0 Å². The van der Waals surface area contributed by atoms with E-state index in [1.807, 2.05) is 44.2 Å². The summed E-state index contributed by atoms with van der Waals surface area (Å²) < 4.78 is 0. The topological polar surface area (TPSA) is 101 Å². The Balaban J connectivity index is 2.90. The largest absolute Gasteiger partial charge is 0.368 e. The first kappa shape index (κ1) is 22.0. The Hall–Kier alpha value is -2.02. The molecule has 1 aromatic rings. The van der Waals surface area contributed by atoms with Crippen molar-refractivity contribution in [3.05, 3.63) is 35.9 Å². The van der Waals surface area contributed by atoms with E-state index in [0.717, 1.165) is 5.56 Å². The van der Waals surface area contributed by atoms with E-state index < -0.39 is 23.9 Å². The lowest BCUT2D eigenvalue weighted by molar-refractivity contribution is -0.132. The maximum atomic E-state index is 12.6. The summed E-state index contributed by atoms with van der Waals surface area (Å²) in [5.74, 6) is -0.808. The quantitative estimate of drug-likeness (QED) is 0.461. The van der Waals surface area contributed by atoms with Crippen LogP contribution in [0.5, 0.6) is 0 Å². The zero-order valence-corrected chi connectivity index (χ0v) is 16.5. The van der Waals surface area contributed by atoms with Gasteiger partial charge in [0.05, 0.1) is 0 Å². The predicted molar refractivity (Wildman–Crippen MR) is 106 cm³/mol. The van der Waals surface area contributed by atoms with E-state index in [0.29, 0.717) is 24.5 Å². The van der Waals surface area contributed by atoms with E-state index in [-0.39, 0.29) is 11.8 Å². The van der Waals surface area contributed by atoms with Crippen molar-refractivity contribution in [2.45, 2.75) is 45.7 Å². The monoisotopic (exact) mass is 379 g/mol. The van der Waals surface area contributed by atoms with Crippen molar-refractivity contribution >= 4 is 30.4 Å². The summed E-state index contributed by atoms with van der Waals surface area (Å²) in [5, 5.41) is 5.37. The second-order valence-electron chi connectivity index (χ2n) is 6.89. The van der Waals surface area contributed by atoms with Crippen LogP contribution in [0.25, 0.3) is 0 Å². The molecule has 1 rings (SSSR count). The van der Waals surface area contributed by atoms with Gasteiger partial charge in [-0.25, -0.2) is 0 Å². The van der Waals surface area contributed by atoms with Gasteiger partial charge in [-0.2, -0.15) is 12.6 Å². The van der Waals surface area contributed by atoms with Crippen LogP contribution in [0.4, 0.5) is 0 Å². The molecule has 0 radical (unpaired) electrons. The number of rotatable bonds is 10. The molecule has 0 heterocycles. The van der Waals surface area contributed by atoms with Crippen molar-refractivity contribution in [3.8, 4) is 0 Å². The molecule has 26 heavy (non-hydrogen) atoms. The van der Waals surface area contributed by atoms with Crippen LogP contribution in [0.3, 0.4) is 0 Å². The number of carbonyl (C=O) groups excluding carboxylic acids is 3. The molecule has 0 spiro atoms. The van der Waals surface area contributed by atoms with Gasteiger partial charge in [0, 0.05) is 18.1 Å². The molecule has 0 bridgehead atoms. The molecule has 144 valence electrons. The third kappa shape index (κ3) is 7.47. The molecule has 3 atom stereocenters. The summed E-state index contributed by atoms with van der Waals surface area (Å²) in [6.07, 6.45) is 1.01. The molecule has 0 aliphatic heterocycles. The Kier molecular flexibility index (Phi) is 9.19. The van der Waals surface area contributed by atoms with Gasteiger partial charge in [0.15, 0.2) is 0 Å². The molecule has 0 aliphatic rings. The molecule has 0 saturated heterocycles. The van der Waals surface area contributed by atoms with Crippen LogP contribution in [0.15, 0.2) is 30.3 Å². The maximum absolute atomic E-state index is 12.6. The minimum absolute atomic E-state index is 0.212. The Labute approximate surface area is 160 Å². The average molecular weight is 380 g/mol. The second-order valence-corrected chi connectivity index (χ2v) is 7.26. The van der Waals surface area contributed by atoms with E-state index in [1.54, 1.807) is 0 Å². The third-order valence-corrected chi connectivity index (χ3v) is 4.49. The molecule has 3 amide bonds. The molecule has 7 heteroatoms. The highest BCUT2D eigenvalue weighted by Gasteiger charge is 2.27. The summed E-state index contributed by atoms with van der Waals surface area (Å²) in [6, 6.07) is 7.78. The van der Waals surface area contributed by atoms with Gasteiger partial charge in [0.1, 0.15) is 12.1 Å². The number of benzene rings is 1.